The van der Waals surface area contributed by atoms with Crippen molar-refractivity contribution < 1.29 is 0 Å². The molecule has 6 aromatic carbocycles. The number of hydrogen-bond acceptors (Lipinski definition) is 8. The first-order chi connectivity index (χ1) is 30.7. The molecule has 290 valence electrons. The third kappa shape index (κ3) is 7.12. The maximum atomic E-state index is 5.19. The smallest absolute Gasteiger partial charge is 0.182 e. The number of aromatic nitrogens is 8. The van der Waals surface area contributed by atoms with Gasteiger partial charge < -0.3 is 0 Å². The first-order valence-electron chi connectivity index (χ1n) is 20.3. The first-order valence-corrected chi connectivity index (χ1v) is 20.3. The Morgan fingerprint density at radius 1 is 0.258 bits per heavy atom. The summed E-state index contributed by atoms with van der Waals surface area (Å²) < 4.78 is 0. The molecule has 0 aliphatic carbocycles. The summed E-state index contributed by atoms with van der Waals surface area (Å²) in [5, 5.41) is 4.67. The fourth-order valence-electron chi connectivity index (χ4n) is 7.92. The zero-order valence-electron chi connectivity index (χ0n) is 33.2. The first kappa shape index (κ1) is 36.5. The highest BCUT2D eigenvalue weighted by Crippen LogP contribution is 2.39. The van der Waals surface area contributed by atoms with Gasteiger partial charge in [0.05, 0.1) is 11.4 Å². The fourth-order valence-corrected chi connectivity index (χ4v) is 7.92. The number of nitrogens with zero attached hydrogens (tertiary/aromatic N) is 8. The Hall–Kier alpha value is -8.62. The molecule has 0 bridgehead atoms. The summed E-state index contributed by atoms with van der Waals surface area (Å²) in [6.07, 6.45) is 8.91. The molecule has 0 aliphatic rings. The highest BCUT2D eigenvalue weighted by Gasteiger charge is 2.18. The Morgan fingerprint density at radius 3 is 1.56 bits per heavy atom. The van der Waals surface area contributed by atoms with Crippen LogP contribution in [-0.2, 0) is 0 Å². The zero-order chi connectivity index (χ0) is 41.2. The Balaban J connectivity index is 1.12. The second kappa shape index (κ2) is 15.9. The lowest BCUT2D eigenvalue weighted by Crippen LogP contribution is -2.02. The molecule has 8 heteroatoms. The number of pyridine rings is 3. The predicted molar refractivity (Wildman–Crippen MR) is 247 cm³/mol. The molecule has 0 atom stereocenters. The lowest BCUT2D eigenvalue weighted by molar-refractivity contribution is 1.06. The molecule has 5 heterocycles. The third-order valence-corrected chi connectivity index (χ3v) is 11.0. The maximum Gasteiger partial charge on any atom is 0.182 e. The van der Waals surface area contributed by atoms with Crippen LogP contribution in [0.3, 0.4) is 0 Å². The van der Waals surface area contributed by atoms with Crippen LogP contribution in [0.25, 0.3) is 112 Å². The topological polar surface area (TPSA) is 103 Å². The van der Waals surface area contributed by atoms with Crippen LogP contribution in [0.5, 0.6) is 0 Å². The van der Waals surface area contributed by atoms with E-state index in [1.807, 2.05) is 97.3 Å². The average Bonchev–Trinajstić information content (AvgIpc) is 3.37. The van der Waals surface area contributed by atoms with E-state index < -0.39 is 0 Å². The summed E-state index contributed by atoms with van der Waals surface area (Å²) in [5.41, 5.74) is 10.7. The van der Waals surface area contributed by atoms with Gasteiger partial charge in [0, 0.05) is 58.8 Å². The van der Waals surface area contributed by atoms with Gasteiger partial charge in [0.25, 0.3) is 0 Å². The van der Waals surface area contributed by atoms with Crippen molar-refractivity contribution in [3.05, 3.63) is 207 Å². The molecule has 11 aromatic rings. The van der Waals surface area contributed by atoms with E-state index in [-0.39, 0.29) is 0 Å². The quantitative estimate of drug-likeness (QED) is 0.140. The van der Waals surface area contributed by atoms with Gasteiger partial charge in [-0.25, -0.2) is 24.9 Å². The van der Waals surface area contributed by atoms with Crippen LogP contribution in [-0.4, -0.2) is 39.9 Å². The van der Waals surface area contributed by atoms with Gasteiger partial charge in [0.15, 0.2) is 23.3 Å². The van der Waals surface area contributed by atoms with E-state index in [1.165, 1.54) is 10.8 Å². The van der Waals surface area contributed by atoms with Crippen molar-refractivity contribution in [1.29, 1.82) is 0 Å². The summed E-state index contributed by atoms with van der Waals surface area (Å²) in [5.74, 6) is 2.04. The van der Waals surface area contributed by atoms with E-state index in [1.54, 1.807) is 24.7 Å². The van der Waals surface area contributed by atoms with Crippen LogP contribution < -0.4 is 0 Å². The lowest BCUT2D eigenvalue weighted by Gasteiger charge is -2.15. The normalized spacial score (nSPS) is 11.2. The Bertz CT molecular complexity index is 3380. The van der Waals surface area contributed by atoms with Crippen LogP contribution in [0.15, 0.2) is 207 Å². The molecule has 0 saturated carbocycles. The van der Waals surface area contributed by atoms with Crippen molar-refractivity contribution in [3.63, 3.8) is 0 Å². The molecule has 0 radical (unpaired) electrons. The molecule has 62 heavy (non-hydrogen) atoms. The Morgan fingerprint density at radius 2 is 0.839 bits per heavy atom. The summed E-state index contributed by atoms with van der Waals surface area (Å²) in [4.78, 5) is 38.9. The monoisotopic (exact) mass is 794 g/mol. The molecule has 0 unspecified atom stereocenters. The Kier molecular flexibility index (Phi) is 9.33. The maximum absolute atomic E-state index is 5.19. The summed E-state index contributed by atoms with van der Waals surface area (Å²) >= 11 is 0. The Labute approximate surface area is 357 Å². The van der Waals surface area contributed by atoms with Gasteiger partial charge in [-0.2, -0.15) is 0 Å². The summed E-state index contributed by atoms with van der Waals surface area (Å²) in [6.45, 7) is 0. The van der Waals surface area contributed by atoms with Crippen LogP contribution in [0.2, 0.25) is 0 Å². The van der Waals surface area contributed by atoms with Crippen molar-refractivity contribution in [2.45, 2.75) is 0 Å². The van der Waals surface area contributed by atoms with Gasteiger partial charge in [-0.1, -0.05) is 109 Å². The van der Waals surface area contributed by atoms with Crippen molar-refractivity contribution in [2.75, 3.05) is 0 Å². The van der Waals surface area contributed by atoms with Gasteiger partial charge in [-0.15, -0.1) is 0 Å². The largest absolute Gasteiger partial charge is 0.255 e. The third-order valence-electron chi connectivity index (χ3n) is 11.0. The van der Waals surface area contributed by atoms with Crippen LogP contribution >= 0.6 is 0 Å². The van der Waals surface area contributed by atoms with E-state index in [0.29, 0.717) is 29.0 Å². The predicted octanol–water partition coefficient (Wildman–Crippen LogP) is 12.5. The zero-order valence-corrected chi connectivity index (χ0v) is 33.2. The molecule has 5 aromatic heterocycles. The van der Waals surface area contributed by atoms with Gasteiger partial charge >= 0.3 is 0 Å². The van der Waals surface area contributed by atoms with E-state index in [0.717, 1.165) is 72.2 Å². The van der Waals surface area contributed by atoms with Crippen LogP contribution in [0.4, 0.5) is 0 Å². The summed E-state index contributed by atoms with van der Waals surface area (Å²) in [6, 6.07) is 60.0. The van der Waals surface area contributed by atoms with Crippen LogP contribution in [0.1, 0.15) is 0 Å². The van der Waals surface area contributed by atoms with Crippen molar-refractivity contribution in [1.82, 2.24) is 39.9 Å². The molecule has 0 spiro atoms. The van der Waals surface area contributed by atoms with Gasteiger partial charge in [-0.05, 0) is 111 Å². The minimum atomic E-state index is 0.448. The van der Waals surface area contributed by atoms with Gasteiger partial charge in [0.2, 0.25) is 0 Å². The minimum Gasteiger partial charge on any atom is -0.255 e. The number of fused-ring (bicyclic) bond motifs is 3. The molecular weight excluding hydrogens is 761 g/mol. The molecule has 0 saturated heterocycles. The minimum absolute atomic E-state index is 0.448. The molecule has 0 fully saturated rings. The van der Waals surface area contributed by atoms with E-state index in [9.17, 15) is 0 Å². The molecule has 11 rings (SSSR count). The number of rotatable bonds is 8. The highest BCUT2D eigenvalue weighted by atomic mass is 15.0. The molecule has 8 nitrogen and oxygen atoms in total. The summed E-state index contributed by atoms with van der Waals surface area (Å²) in [7, 11) is 0. The molecular formula is C54H34N8. The second-order valence-corrected chi connectivity index (χ2v) is 14.9. The van der Waals surface area contributed by atoms with Crippen molar-refractivity contribution >= 4 is 21.5 Å². The van der Waals surface area contributed by atoms with E-state index >= 15 is 0 Å². The van der Waals surface area contributed by atoms with Gasteiger partial charge in [0.1, 0.15) is 5.69 Å². The van der Waals surface area contributed by atoms with Gasteiger partial charge in [-0.3, -0.25) is 15.0 Å². The SMILES string of the molecule is c1ccc(-c2ccnc(-c3nc(-c4ccc(-c5ccccc5)nc4)nc(-c4cc(-c5ccc(-c6ncccn6)cn5)cc(-c5cc6ccccc6c6ccccc56)c4)n3)c2)cc1. The molecule has 0 N–H and O–H groups in total. The lowest BCUT2D eigenvalue weighted by atomic mass is 9.91. The second-order valence-electron chi connectivity index (χ2n) is 14.9. The molecule has 0 aliphatic heterocycles. The van der Waals surface area contributed by atoms with Crippen molar-refractivity contribution in [3.8, 4) is 90.5 Å². The number of benzene rings is 6. The highest BCUT2D eigenvalue weighted by molar-refractivity contribution is 6.14. The van der Waals surface area contributed by atoms with E-state index in [2.05, 4.69) is 94.9 Å². The van der Waals surface area contributed by atoms with Crippen LogP contribution in [0, 0.1) is 0 Å². The number of hydrogen-bond donors (Lipinski definition) is 0. The average molecular weight is 795 g/mol. The molecule has 0 amide bonds. The van der Waals surface area contributed by atoms with Crippen molar-refractivity contribution in [2.24, 2.45) is 0 Å². The standard InChI is InChI=1S/C54H34N8/c1-3-12-35(13-4-1)37-24-27-55-50(32-37)54-61-52(40-21-22-48(58-34-40)36-14-5-2-6-15-36)60-53(62-54)43-29-41(47-31-38-16-7-8-17-44(38)45-18-9-10-19-46(45)47)28-42(30-43)49-23-20-39(33-59-49)51-56-25-11-26-57-51/h1-34H. The van der Waals surface area contributed by atoms with E-state index in [4.69, 9.17) is 29.9 Å². The fraction of sp³-hybridized carbons (Fsp3) is 0.